The maximum atomic E-state index is 12.7. The molecule has 0 bridgehead atoms. The molecule has 9 heteroatoms. The summed E-state index contributed by atoms with van der Waals surface area (Å²) in [5.74, 6) is -0.401. The molecule has 7 nitrogen and oxygen atoms in total. The van der Waals surface area contributed by atoms with E-state index in [2.05, 4.69) is 10.3 Å². The standard InChI is InChI=1S/C20H20N4O3S2/c1-28-14-6-7-15-18(12-14)29-20(21-15)22-19(25)13-5-8-16(17(11-13)24(26)27)23-9-3-2-4-10-23/h5-8,11-12H,2-4,9-10H2,1H3,(H,21,22,25). The van der Waals surface area contributed by atoms with Gasteiger partial charge in [0.15, 0.2) is 5.13 Å². The van der Waals surface area contributed by atoms with Gasteiger partial charge in [0, 0.05) is 29.6 Å². The molecular weight excluding hydrogens is 408 g/mol. The first-order chi connectivity index (χ1) is 14.0. The Morgan fingerprint density at radius 1 is 1.21 bits per heavy atom. The van der Waals surface area contributed by atoms with E-state index >= 15 is 0 Å². The number of fused-ring (bicyclic) bond motifs is 1. The average molecular weight is 429 g/mol. The first kappa shape index (κ1) is 19.7. The lowest BCUT2D eigenvalue weighted by atomic mass is 10.1. The van der Waals surface area contributed by atoms with Gasteiger partial charge in [-0.1, -0.05) is 11.3 Å². The van der Waals surface area contributed by atoms with Crippen molar-refractivity contribution in [2.75, 3.05) is 29.6 Å². The first-order valence-corrected chi connectivity index (χ1v) is 11.4. The SMILES string of the molecule is CSc1ccc2nc(NC(=O)c3ccc(N4CCCCC4)c([N+](=O)[O-])c3)sc2c1. The molecule has 1 amide bonds. The van der Waals surface area contributed by atoms with Crippen molar-refractivity contribution in [3.63, 3.8) is 0 Å². The van der Waals surface area contributed by atoms with Crippen molar-refractivity contribution < 1.29 is 9.72 Å². The molecule has 1 aromatic heterocycles. The maximum Gasteiger partial charge on any atom is 0.293 e. The zero-order valence-corrected chi connectivity index (χ0v) is 17.5. The predicted molar refractivity (Wildman–Crippen MR) is 119 cm³/mol. The van der Waals surface area contributed by atoms with E-state index < -0.39 is 10.8 Å². The van der Waals surface area contributed by atoms with E-state index in [1.807, 2.05) is 29.4 Å². The summed E-state index contributed by atoms with van der Waals surface area (Å²) in [6.07, 6.45) is 5.20. The third-order valence-corrected chi connectivity index (χ3v) is 6.61. The van der Waals surface area contributed by atoms with Crippen LogP contribution < -0.4 is 10.2 Å². The van der Waals surface area contributed by atoms with Crippen LogP contribution >= 0.6 is 23.1 Å². The van der Waals surface area contributed by atoms with Gasteiger partial charge < -0.3 is 4.90 Å². The summed E-state index contributed by atoms with van der Waals surface area (Å²) >= 11 is 3.03. The molecule has 150 valence electrons. The summed E-state index contributed by atoms with van der Waals surface area (Å²) in [4.78, 5) is 31.5. The number of nitro groups is 1. The number of benzene rings is 2. The van der Waals surface area contributed by atoms with Gasteiger partial charge in [0.1, 0.15) is 5.69 Å². The van der Waals surface area contributed by atoms with Crippen LogP contribution in [0, 0.1) is 10.1 Å². The van der Waals surface area contributed by atoms with E-state index in [0.717, 1.165) is 47.5 Å². The zero-order valence-electron chi connectivity index (χ0n) is 15.9. The Balaban J connectivity index is 1.58. The van der Waals surface area contributed by atoms with Crippen LogP contribution in [0.1, 0.15) is 29.6 Å². The molecule has 1 aliphatic rings. The second-order valence-corrected chi connectivity index (χ2v) is 8.73. The molecule has 2 heterocycles. The molecule has 0 radical (unpaired) electrons. The topological polar surface area (TPSA) is 88.4 Å². The average Bonchev–Trinajstić information content (AvgIpc) is 3.15. The van der Waals surface area contributed by atoms with Crippen LogP contribution in [0.2, 0.25) is 0 Å². The lowest BCUT2D eigenvalue weighted by Gasteiger charge is -2.28. The number of hydrogen-bond acceptors (Lipinski definition) is 7. The molecule has 4 rings (SSSR count). The smallest absolute Gasteiger partial charge is 0.293 e. The molecule has 1 N–H and O–H groups in total. The number of amides is 1. The minimum Gasteiger partial charge on any atom is -0.366 e. The van der Waals surface area contributed by atoms with Crippen LogP contribution in [-0.2, 0) is 0 Å². The van der Waals surface area contributed by atoms with Crippen LogP contribution in [0.4, 0.5) is 16.5 Å². The van der Waals surface area contributed by atoms with Crippen LogP contribution in [0.25, 0.3) is 10.2 Å². The number of rotatable bonds is 5. The van der Waals surface area contributed by atoms with E-state index in [0.29, 0.717) is 10.8 Å². The summed E-state index contributed by atoms with van der Waals surface area (Å²) in [7, 11) is 0. The van der Waals surface area contributed by atoms with Gasteiger partial charge >= 0.3 is 0 Å². The maximum absolute atomic E-state index is 12.7. The molecule has 0 aliphatic carbocycles. The highest BCUT2D eigenvalue weighted by atomic mass is 32.2. The van der Waals surface area contributed by atoms with Gasteiger partial charge in [-0.05, 0) is 55.9 Å². The summed E-state index contributed by atoms with van der Waals surface area (Å²) in [6.45, 7) is 1.60. The fourth-order valence-electron chi connectivity index (χ4n) is 3.47. The van der Waals surface area contributed by atoms with Crippen LogP contribution in [0.15, 0.2) is 41.3 Å². The quantitative estimate of drug-likeness (QED) is 0.343. The Morgan fingerprint density at radius 2 is 2.00 bits per heavy atom. The molecule has 0 spiro atoms. The molecule has 1 aliphatic heterocycles. The molecule has 0 saturated carbocycles. The van der Waals surface area contributed by atoms with Gasteiger partial charge in [-0.2, -0.15) is 0 Å². The second-order valence-electron chi connectivity index (χ2n) is 6.82. The van der Waals surface area contributed by atoms with Crippen LogP contribution in [0.3, 0.4) is 0 Å². The van der Waals surface area contributed by atoms with Gasteiger partial charge in [-0.15, -0.1) is 11.8 Å². The highest BCUT2D eigenvalue weighted by Gasteiger charge is 2.23. The van der Waals surface area contributed by atoms with Crippen molar-refractivity contribution >= 4 is 55.7 Å². The predicted octanol–water partition coefficient (Wildman–Crippen LogP) is 5.17. The summed E-state index contributed by atoms with van der Waals surface area (Å²) in [5, 5.41) is 14.9. The van der Waals surface area contributed by atoms with Crippen molar-refractivity contribution in [3.8, 4) is 0 Å². The normalized spacial score (nSPS) is 14.2. The summed E-state index contributed by atoms with van der Waals surface area (Å²) in [6, 6.07) is 10.6. The number of aromatic nitrogens is 1. The fraction of sp³-hybridized carbons (Fsp3) is 0.300. The van der Waals surface area contributed by atoms with Crippen molar-refractivity contribution in [1.82, 2.24) is 4.98 Å². The van der Waals surface area contributed by atoms with Crippen molar-refractivity contribution in [3.05, 3.63) is 52.1 Å². The molecule has 0 atom stereocenters. The highest BCUT2D eigenvalue weighted by molar-refractivity contribution is 7.98. The first-order valence-electron chi connectivity index (χ1n) is 9.34. The number of carbonyl (C=O) groups is 1. The Labute approximate surface area is 176 Å². The molecule has 3 aromatic rings. The number of thiazole rings is 1. The number of nitro benzene ring substituents is 1. The Bertz CT molecular complexity index is 1080. The summed E-state index contributed by atoms with van der Waals surface area (Å²) < 4.78 is 0.985. The Hall–Kier alpha value is -2.65. The molecule has 1 saturated heterocycles. The van der Waals surface area contributed by atoms with Gasteiger partial charge in [-0.25, -0.2) is 4.98 Å². The molecule has 2 aromatic carbocycles. The van der Waals surface area contributed by atoms with E-state index in [1.54, 1.807) is 23.9 Å². The van der Waals surface area contributed by atoms with Gasteiger partial charge in [0.2, 0.25) is 0 Å². The second kappa shape index (κ2) is 8.38. The Morgan fingerprint density at radius 3 is 2.72 bits per heavy atom. The van der Waals surface area contributed by atoms with E-state index in [4.69, 9.17) is 0 Å². The number of hydrogen-bond donors (Lipinski definition) is 1. The van der Waals surface area contributed by atoms with E-state index in [1.165, 1.54) is 17.4 Å². The minimum absolute atomic E-state index is 0.0338. The largest absolute Gasteiger partial charge is 0.366 e. The monoisotopic (exact) mass is 428 g/mol. The lowest BCUT2D eigenvalue weighted by molar-refractivity contribution is -0.384. The van der Waals surface area contributed by atoms with Gasteiger partial charge in [-0.3, -0.25) is 20.2 Å². The molecule has 1 fully saturated rings. The third kappa shape index (κ3) is 4.20. The number of piperidine rings is 1. The zero-order chi connectivity index (χ0) is 20.4. The third-order valence-electron chi connectivity index (χ3n) is 4.95. The van der Waals surface area contributed by atoms with Crippen LogP contribution in [-0.4, -0.2) is 35.2 Å². The van der Waals surface area contributed by atoms with Crippen molar-refractivity contribution in [2.24, 2.45) is 0 Å². The number of thioether (sulfide) groups is 1. The van der Waals surface area contributed by atoms with E-state index in [-0.39, 0.29) is 11.3 Å². The number of carbonyl (C=O) groups excluding carboxylic acids is 1. The molecule has 0 unspecified atom stereocenters. The van der Waals surface area contributed by atoms with Crippen molar-refractivity contribution in [2.45, 2.75) is 24.2 Å². The van der Waals surface area contributed by atoms with Gasteiger partial charge in [0.05, 0.1) is 15.1 Å². The van der Waals surface area contributed by atoms with Gasteiger partial charge in [0.25, 0.3) is 11.6 Å². The molecule has 29 heavy (non-hydrogen) atoms. The van der Waals surface area contributed by atoms with E-state index in [9.17, 15) is 14.9 Å². The fourth-order valence-corrected chi connectivity index (χ4v) is 4.88. The summed E-state index contributed by atoms with van der Waals surface area (Å²) in [5.41, 5.74) is 1.61. The van der Waals surface area contributed by atoms with Crippen molar-refractivity contribution in [1.29, 1.82) is 0 Å². The Kier molecular flexibility index (Phi) is 5.68. The number of nitrogens with zero attached hydrogens (tertiary/aromatic N) is 3. The highest BCUT2D eigenvalue weighted by Crippen LogP contribution is 2.33. The lowest BCUT2D eigenvalue weighted by Crippen LogP contribution is -2.30. The minimum atomic E-state index is -0.414. The van der Waals surface area contributed by atoms with Crippen LogP contribution in [0.5, 0.6) is 0 Å². The number of nitrogens with one attached hydrogen (secondary N) is 1. The molecular formula is C20H20N4O3S2. The number of anilines is 2.